The minimum Gasteiger partial charge on any atom is -0.362 e. The molecule has 0 saturated carbocycles. The first-order valence-electron chi connectivity index (χ1n) is 4.95. The number of methoxy groups -OCH3 is 1. The Kier molecular flexibility index (Phi) is 7.53. The molecule has 0 radical (unpaired) electrons. The fourth-order valence-electron chi connectivity index (χ4n) is 1.16. The molecule has 96 valence electrons. The molecule has 4 N–H and O–H groups in total. The summed E-state index contributed by atoms with van der Waals surface area (Å²) in [6.07, 6.45) is 1.57. The first-order chi connectivity index (χ1) is 7.35. The van der Waals surface area contributed by atoms with Gasteiger partial charge in [-0.05, 0) is 19.3 Å². The van der Waals surface area contributed by atoms with Crippen LogP contribution in [0.1, 0.15) is 26.2 Å². The molecule has 0 rings (SSSR count). The first-order valence-corrected chi connectivity index (χ1v) is 6.57. The Hall–Kier alpha value is -0.460. The minimum absolute atomic E-state index is 0.166. The Morgan fingerprint density at radius 1 is 1.44 bits per heavy atom. The summed E-state index contributed by atoms with van der Waals surface area (Å²) in [4.78, 5) is 27.7. The Labute approximate surface area is 94.8 Å². The number of carbonyl (C=O) groups excluding carboxylic acids is 1. The lowest BCUT2D eigenvalue weighted by Crippen LogP contribution is -2.34. The fraction of sp³-hybridized carbons (Fsp3) is 0.875. The third-order valence-electron chi connectivity index (χ3n) is 1.86. The van der Waals surface area contributed by atoms with Gasteiger partial charge in [0.1, 0.15) is 6.23 Å². The smallest absolute Gasteiger partial charge is 0.362 e. The van der Waals surface area contributed by atoms with Crippen molar-refractivity contribution < 1.29 is 23.9 Å². The average molecular weight is 254 g/mol. The molecule has 0 aromatic rings. The number of hydrogen-bond donors (Lipinski definition) is 4. The summed E-state index contributed by atoms with van der Waals surface area (Å²) < 4.78 is 15.4. The van der Waals surface area contributed by atoms with Crippen molar-refractivity contribution in [3.63, 3.8) is 0 Å². The van der Waals surface area contributed by atoms with E-state index in [9.17, 15) is 9.36 Å². The normalized spacial score (nSPS) is 13.5. The van der Waals surface area contributed by atoms with E-state index in [-0.39, 0.29) is 18.7 Å². The van der Waals surface area contributed by atoms with Gasteiger partial charge < -0.3 is 19.8 Å². The minimum atomic E-state index is -4.11. The van der Waals surface area contributed by atoms with Crippen LogP contribution in [0.2, 0.25) is 0 Å². The molecule has 0 fully saturated rings. The van der Waals surface area contributed by atoms with Crippen molar-refractivity contribution in [3.8, 4) is 0 Å². The van der Waals surface area contributed by atoms with Gasteiger partial charge >= 0.3 is 7.75 Å². The first kappa shape index (κ1) is 15.5. The lowest BCUT2D eigenvalue weighted by molar-refractivity contribution is -0.122. The standard InChI is InChI=1S/C8H19N2O5P/c1-7(11)10-8(15-2)5-3-4-6-9-16(12,13)14/h8H,3-6H2,1-2H3,(H,10,11)(H3,9,12,13,14)/t8-/m1/s1. The van der Waals surface area contributed by atoms with Crippen molar-refractivity contribution in [2.45, 2.75) is 32.4 Å². The largest absolute Gasteiger partial charge is 0.400 e. The zero-order valence-electron chi connectivity index (χ0n) is 9.47. The van der Waals surface area contributed by atoms with Crippen molar-refractivity contribution in [2.24, 2.45) is 0 Å². The molecule has 0 spiro atoms. The highest BCUT2D eigenvalue weighted by Crippen LogP contribution is 2.27. The van der Waals surface area contributed by atoms with Crippen LogP contribution in [0, 0.1) is 0 Å². The molecule has 16 heavy (non-hydrogen) atoms. The summed E-state index contributed by atoms with van der Waals surface area (Å²) in [5, 5.41) is 4.69. The van der Waals surface area contributed by atoms with Crippen molar-refractivity contribution in [1.82, 2.24) is 10.4 Å². The van der Waals surface area contributed by atoms with E-state index in [1.807, 2.05) is 0 Å². The highest BCUT2D eigenvalue weighted by atomic mass is 31.2. The summed E-state index contributed by atoms with van der Waals surface area (Å²) in [6, 6.07) is 0. The maximum Gasteiger partial charge on any atom is 0.400 e. The Morgan fingerprint density at radius 3 is 2.50 bits per heavy atom. The van der Waals surface area contributed by atoms with Gasteiger partial charge in [-0.25, -0.2) is 9.65 Å². The van der Waals surface area contributed by atoms with Crippen molar-refractivity contribution >= 4 is 13.7 Å². The molecule has 0 heterocycles. The quantitative estimate of drug-likeness (QED) is 0.275. The van der Waals surface area contributed by atoms with E-state index < -0.39 is 7.75 Å². The van der Waals surface area contributed by atoms with Crippen LogP contribution < -0.4 is 10.4 Å². The molecule has 0 saturated heterocycles. The zero-order chi connectivity index (χ0) is 12.6. The van der Waals surface area contributed by atoms with Crippen LogP contribution in [0.15, 0.2) is 0 Å². The Bertz CT molecular complexity index is 255. The summed E-state index contributed by atoms with van der Waals surface area (Å²) in [5.41, 5.74) is 0. The van der Waals surface area contributed by atoms with Crippen LogP contribution >= 0.6 is 7.75 Å². The monoisotopic (exact) mass is 254 g/mol. The number of unbranched alkanes of at least 4 members (excludes halogenated alkanes) is 1. The second-order valence-electron chi connectivity index (χ2n) is 3.37. The number of hydrogen-bond acceptors (Lipinski definition) is 3. The second-order valence-corrected chi connectivity index (χ2v) is 4.78. The van der Waals surface area contributed by atoms with Gasteiger partial charge in [-0.1, -0.05) is 0 Å². The third-order valence-corrected chi connectivity index (χ3v) is 2.50. The molecular weight excluding hydrogens is 235 g/mol. The van der Waals surface area contributed by atoms with E-state index in [0.29, 0.717) is 19.3 Å². The lowest BCUT2D eigenvalue weighted by atomic mass is 10.2. The predicted octanol–water partition coefficient (Wildman–Crippen LogP) is -0.0524. The van der Waals surface area contributed by atoms with Gasteiger partial charge in [-0.2, -0.15) is 0 Å². The molecule has 1 atom stereocenters. The summed E-state index contributed by atoms with van der Waals surface area (Å²) in [5.74, 6) is -0.166. The average Bonchev–Trinajstić information content (AvgIpc) is 2.13. The molecule has 0 unspecified atom stereocenters. The molecule has 0 bridgehead atoms. The van der Waals surface area contributed by atoms with Gasteiger partial charge in [0.15, 0.2) is 0 Å². The fourth-order valence-corrected chi connectivity index (χ4v) is 1.60. The van der Waals surface area contributed by atoms with E-state index in [1.54, 1.807) is 0 Å². The van der Waals surface area contributed by atoms with Crippen LogP contribution in [0.25, 0.3) is 0 Å². The highest BCUT2D eigenvalue weighted by Gasteiger charge is 2.11. The van der Waals surface area contributed by atoms with Crippen LogP contribution in [0.5, 0.6) is 0 Å². The predicted molar refractivity (Wildman–Crippen MR) is 58.5 cm³/mol. The molecule has 1 amide bonds. The Balaban J connectivity index is 3.56. The van der Waals surface area contributed by atoms with Gasteiger partial charge in [-0.3, -0.25) is 4.79 Å². The summed E-state index contributed by atoms with van der Waals surface area (Å²) in [7, 11) is -2.62. The maximum atomic E-state index is 10.7. The van der Waals surface area contributed by atoms with Crippen LogP contribution in [0.4, 0.5) is 0 Å². The van der Waals surface area contributed by atoms with E-state index in [2.05, 4.69) is 10.4 Å². The van der Waals surface area contributed by atoms with Crippen LogP contribution in [-0.2, 0) is 14.1 Å². The third kappa shape index (κ3) is 10.1. The van der Waals surface area contributed by atoms with Gasteiger partial charge in [0.2, 0.25) is 5.91 Å². The maximum absolute atomic E-state index is 10.7. The van der Waals surface area contributed by atoms with Crippen molar-refractivity contribution in [2.75, 3.05) is 13.7 Å². The summed E-state index contributed by atoms with van der Waals surface area (Å²) in [6.45, 7) is 1.64. The van der Waals surface area contributed by atoms with E-state index in [0.717, 1.165) is 0 Å². The number of ether oxygens (including phenoxy) is 1. The van der Waals surface area contributed by atoms with Crippen molar-refractivity contribution in [1.29, 1.82) is 0 Å². The van der Waals surface area contributed by atoms with E-state index in [4.69, 9.17) is 14.5 Å². The number of nitrogens with one attached hydrogen (secondary N) is 2. The van der Waals surface area contributed by atoms with E-state index in [1.165, 1.54) is 14.0 Å². The molecular formula is C8H19N2O5P. The zero-order valence-corrected chi connectivity index (χ0v) is 10.4. The molecule has 8 heteroatoms. The number of rotatable bonds is 8. The summed E-state index contributed by atoms with van der Waals surface area (Å²) >= 11 is 0. The van der Waals surface area contributed by atoms with Gasteiger partial charge in [0.05, 0.1) is 0 Å². The molecule has 0 aliphatic carbocycles. The van der Waals surface area contributed by atoms with Crippen LogP contribution in [-0.4, -0.2) is 35.6 Å². The van der Waals surface area contributed by atoms with E-state index >= 15 is 0 Å². The Morgan fingerprint density at radius 2 is 2.06 bits per heavy atom. The molecule has 0 aromatic heterocycles. The van der Waals surface area contributed by atoms with Gasteiger partial charge in [0.25, 0.3) is 0 Å². The molecule has 0 aliphatic heterocycles. The SMILES string of the molecule is CO[C@H](CCCCNP(=O)(O)O)NC(C)=O. The number of carbonyl (C=O) groups is 1. The molecule has 0 aromatic carbocycles. The molecule has 0 aliphatic rings. The van der Waals surface area contributed by atoms with Gasteiger partial charge in [0, 0.05) is 20.6 Å². The van der Waals surface area contributed by atoms with Gasteiger partial charge in [-0.15, -0.1) is 0 Å². The number of amides is 1. The molecule has 7 nitrogen and oxygen atoms in total. The van der Waals surface area contributed by atoms with Crippen molar-refractivity contribution in [3.05, 3.63) is 0 Å². The second kappa shape index (κ2) is 7.76. The topological polar surface area (TPSA) is 108 Å². The lowest BCUT2D eigenvalue weighted by Gasteiger charge is -2.15. The highest BCUT2D eigenvalue weighted by molar-refractivity contribution is 7.49. The van der Waals surface area contributed by atoms with Crippen LogP contribution in [0.3, 0.4) is 0 Å².